The molecule has 0 fully saturated rings. The molecule has 2 aromatic heterocycles. The van der Waals surface area contributed by atoms with E-state index in [0.29, 0.717) is 4.77 Å². The van der Waals surface area contributed by atoms with Gasteiger partial charge in [0.05, 0.1) is 5.52 Å². The Balaban J connectivity index is 2.36. The molecule has 6 heteroatoms. The van der Waals surface area contributed by atoms with Gasteiger partial charge in [-0.3, -0.25) is 14.3 Å². The van der Waals surface area contributed by atoms with Gasteiger partial charge in [-0.2, -0.15) is 10.2 Å². The number of benzene rings is 1. The molecule has 0 saturated heterocycles. The topological polar surface area (TPSA) is 51.4 Å². The number of fused-ring (bicyclic) bond motifs is 1. The molecule has 1 N–H and O–H groups in total. The van der Waals surface area contributed by atoms with Crippen LogP contribution in [0.15, 0.2) is 24.3 Å². The van der Waals surface area contributed by atoms with E-state index in [2.05, 4.69) is 48.2 Å². The van der Waals surface area contributed by atoms with E-state index in [4.69, 9.17) is 12.2 Å². The first kappa shape index (κ1) is 13.1. The SMILES string of the molecule is Cn1nc(-c2n[nH]c(=S)n2C(C)(C)C)c2ccccc21. The predicted octanol–water partition coefficient (Wildman–Crippen LogP) is 3.25. The Morgan fingerprint density at radius 3 is 2.60 bits per heavy atom. The summed E-state index contributed by atoms with van der Waals surface area (Å²) < 4.78 is 4.49. The zero-order valence-corrected chi connectivity index (χ0v) is 12.8. The van der Waals surface area contributed by atoms with Gasteiger partial charge in [-0.15, -0.1) is 0 Å². The molecular weight excluding hydrogens is 270 g/mol. The van der Waals surface area contributed by atoms with Crippen LogP contribution in [0.3, 0.4) is 0 Å². The van der Waals surface area contributed by atoms with Gasteiger partial charge in [0.1, 0.15) is 5.69 Å². The molecule has 1 aromatic carbocycles. The number of hydrogen-bond donors (Lipinski definition) is 1. The van der Waals surface area contributed by atoms with Gasteiger partial charge in [-0.1, -0.05) is 18.2 Å². The third kappa shape index (κ3) is 1.87. The summed E-state index contributed by atoms with van der Waals surface area (Å²) in [5.41, 5.74) is 1.78. The second-order valence-electron chi connectivity index (χ2n) is 5.85. The minimum absolute atomic E-state index is 0.155. The number of H-pyrrole nitrogens is 1. The molecule has 3 rings (SSSR count). The van der Waals surface area contributed by atoms with Crippen molar-refractivity contribution >= 4 is 23.1 Å². The molecule has 0 amide bonds. The van der Waals surface area contributed by atoms with Crippen molar-refractivity contribution in [3.8, 4) is 11.5 Å². The largest absolute Gasteiger partial charge is 0.293 e. The second kappa shape index (κ2) is 4.28. The van der Waals surface area contributed by atoms with Gasteiger partial charge in [0.15, 0.2) is 10.6 Å². The zero-order chi connectivity index (χ0) is 14.5. The van der Waals surface area contributed by atoms with Crippen LogP contribution >= 0.6 is 12.2 Å². The quantitative estimate of drug-likeness (QED) is 0.699. The van der Waals surface area contributed by atoms with Gasteiger partial charge in [0.25, 0.3) is 0 Å². The van der Waals surface area contributed by atoms with E-state index in [1.807, 2.05) is 28.4 Å². The molecule has 0 atom stereocenters. The number of nitrogens with one attached hydrogen (secondary N) is 1. The van der Waals surface area contributed by atoms with Crippen molar-refractivity contribution in [2.24, 2.45) is 7.05 Å². The first-order chi connectivity index (χ1) is 9.39. The van der Waals surface area contributed by atoms with Crippen LogP contribution in [0, 0.1) is 4.77 Å². The second-order valence-corrected chi connectivity index (χ2v) is 6.23. The Morgan fingerprint density at radius 2 is 1.90 bits per heavy atom. The molecule has 0 radical (unpaired) electrons. The highest BCUT2D eigenvalue weighted by Gasteiger charge is 2.23. The molecular formula is C14H17N5S. The molecule has 0 aliphatic carbocycles. The molecule has 3 aromatic rings. The Morgan fingerprint density at radius 1 is 1.20 bits per heavy atom. The Bertz CT molecular complexity index is 831. The standard InChI is InChI=1S/C14H17N5S/c1-14(2,3)19-12(15-16-13(19)20)11-9-7-5-6-8-10(9)18(4)17-11/h5-8H,1-4H3,(H,16,20). The highest BCUT2D eigenvalue weighted by molar-refractivity contribution is 7.71. The fourth-order valence-electron chi connectivity index (χ4n) is 2.46. The van der Waals surface area contributed by atoms with Gasteiger partial charge in [-0.05, 0) is 39.1 Å². The molecule has 0 saturated carbocycles. The highest BCUT2D eigenvalue weighted by Crippen LogP contribution is 2.29. The van der Waals surface area contributed by atoms with Crippen molar-refractivity contribution in [1.29, 1.82) is 0 Å². The minimum Gasteiger partial charge on any atom is -0.293 e. The number of rotatable bonds is 1. The van der Waals surface area contributed by atoms with Crippen molar-refractivity contribution < 1.29 is 0 Å². The Labute approximate surface area is 122 Å². The van der Waals surface area contributed by atoms with Crippen LogP contribution in [0.5, 0.6) is 0 Å². The van der Waals surface area contributed by atoms with Crippen LogP contribution in [-0.4, -0.2) is 24.5 Å². The number of nitrogens with zero attached hydrogens (tertiary/aromatic N) is 4. The molecule has 0 aliphatic heterocycles. The average molecular weight is 287 g/mol. The first-order valence-corrected chi connectivity index (χ1v) is 6.90. The third-order valence-corrected chi connectivity index (χ3v) is 3.59. The first-order valence-electron chi connectivity index (χ1n) is 6.49. The van der Waals surface area contributed by atoms with E-state index in [1.54, 1.807) is 0 Å². The fourth-order valence-corrected chi connectivity index (χ4v) is 2.86. The summed E-state index contributed by atoms with van der Waals surface area (Å²) >= 11 is 5.36. The van der Waals surface area contributed by atoms with Crippen molar-refractivity contribution in [1.82, 2.24) is 24.5 Å². The molecule has 20 heavy (non-hydrogen) atoms. The van der Waals surface area contributed by atoms with Crippen molar-refractivity contribution in [2.45, 2.75) is 26.3 Å². The predicted molar refractivity (Wildman–Crippen MR) is 82.1 cm³/mol. The Hall–Kier alpha value is -1.95. The summed E-state index contributed by atoms with van der Waals surface area (Å²) in [4.78, 5) is 0. The summed E-state index contributed by atoms with van der Waals surface area (Å²) in [6.07, 6.45) is 0. The molecule has 2 heterocycles. The van der Waals surface area contributed by atoms with Gasteiger partial charge in [-0.25, -0.2) is 0 Å². The van der Waals surface area contributed by atoms with Crippen LogP contribution < -0.4 is 0 Å². The summed E-state index contributed by atoms with van der Waals surface area (Å²) in [5.74, 6) is 0.777. The lowest BCUT2D eigenvalue weighted by molar-refractivity contribution is 0.395. The van der Waals surface area contributed by atoms with E-state index >= 15 is 0 Å². The monoisotopic (exact) mass is 287 g/mol. The number of aryl methyl sites for hydroxylation is 1. The maximum atomic E-state index is 5.36. The normalized spacial score (nSPS) is 12.2. The average Bonchev–Trinajstić information content (AvgIpc) is 2.91. The van der Waals surface area contributed by atoms with Crippen LogP contribution in [0.1, 0.15) is 20.8 Å². The van der Waals surface area contributed by atoms with Crippen LogP contribution in [0.4, 0.5) is 0 Å². The summed E-state index contributed by atoms with van der Waals surface area (Å²) in [5, 5.41) is 13.0. The van der Waals surface area contributed by atoms with Crippen LogP contribution in [0.2, 0.25) is 0 Å². The summed E-state index contributed by atoms with van der Waals surface area (Å²) in [6.45, 7) is 6.31. The van der Waals surface area contributed by atoms with E-state index in [-0.39, 0.29) is 5.54 Å². The zero-order valence-electron chi connectivity index (χ0n) is 12.0. The maximum Gasteiger partial charge on any atom is 0.195 e. The minimum atomic E-state index is -0.155. The molecule has 0 aliphatic rings. The van der Waals surface area contributed by atoms with Crippen molar-refractivity contribution in [3.05, 3.63) is 29.0 Å². The van der Waals surface area contributed by atoms with Crippen LogP contribution in [0.25, 0.3) is 22.4 Å². The molecule has 5 nitrogen and oxygen atoms in total. The van der Waals surface area contributed by atoms with Crippen molar-refractivity contribution in [3.63, 3.8) is 0 Å². The lowest BCUT2D eigenvalue weighted by Crippen LogP contribution is -2.23. The van der Waals surface area contributed by atoms with Gasteiger partial charge in [0, 0.05) is 18.0 Å². The number of aromatic nitrogens is 5. The van der Waals surface area contributed by atoms with E-state index in [0.717, 1.165) is 22.4 Å². The number of aromatic amines is 1. The maximum absolute atomic E-state index is 5.36. The smallest absolute Gasteiger partial charge is 0.195 e. The van der Waals surface area contributed by atoms with Gasteiger partial charge >= 0.3 is 0 Å². The number of para-hydroxylation sites is 1. The Kier molecular flexibility index (Phi) is 2.79. The summed E-state index contributed by atoms with van der Waals surface area (Å²) in [7, 11) is 1.94. The van der Waals surface area contributed by atoms with E-state index in [9.17, 15) is 0 Å². The van der Waals surface area contributed by atoms with Gasteiger partial charge < -0.3 is 0 Å². The molecule has 0 bridgehead atoms. The molecule has 104 valence electrons. The van der Waals surface area contributed by atoms with E-state index < -0.39 is 0 Å². The number of hydrogen-bond acceptors (Lipinski definition) is 3. The lowest BCUT2D eigenvalue weighted by atomic mass is 10.1. The van der Waals surface area contributed by atoms with Crippen molar-refractivity contribution in [2.75, 3.05) is 0 Å². The highest BCUT2D eigenvalue weighted by atomic mass is 32.1. The fraction of sp³-hybridized carbons (Fsp3) is 0.357. The van der Waals surface area contributed by atoms with Crippen LogP contribution in [-0.2, 0) is 12.6 Å². The molecule has 0 unspecified atom stereocenters. The van der Waals surface area contributed by atoms with E-state index in [1.165, 1.54) is 0 Å². The third-order valence-electron chi connectivity index (χ3n) is 3.31. The molecule has 0 spiro atoms. The van der Waals surface area contributed by atoms with Gasteiger partial charge in [0.2, 0.25) is 0 Å². The lowest BCUT2D eigenvalue weighted by Gasteiger charge is -2.21. The summed E-state index contributed by atoms with van der Waals surface area (Å²) in [6, 6.07) is 8.13.